The number of nitrogens with zero attached hydrogens (tertiary/aromatic N) is 3. The van der Waals surface area contributed by atoms with Crippen molar-refractivity contribution in [3.05, 3.63) is 58.1 Å². The van der Waals surface area contributed by atoms with Crippen LogP contribution in [0.2, 0.25) is 5.02 Å². The van der Waals surface area contributed by atoms with Gasteiger partial charge in [-0.25, -0.2) is 18.8 Å². The number of carbonyl (C=O) groups is 1. The van der Waals surface area contributed by atoms with Crippen molar-refractivity contribution in [3.8, 4) is 6.07 Å². The number of nitrogens with two attached hydrogens (primary N) is 1. The fourth-order valence-corrected chi connectivity index (χ4v) is 4.12. The fourth-order valence-electron chi connectivity index (χ4n) is 3.87. The van der Waals surface area contributed by atoms with Gasteiger partial charge >= 0.3 is 0 Å². The normalized spacial score (nSPS) is 24.5. The van der Waals surface area contributed by atoms with E-state index in [1.54, 1.807) is 0 Å². The number of fused-ring (bicyclic) bond motifs is 1. The highest BCUT2D eigenvalue weighted by atomic mass is 35.5. The Morgan fingerprint density at radius 3 is 2.87 bits per heavy atom. The highest BCUT2D eigenvalue weighted by molar-refractivity contribution is 6.34. The molecule has 2 aromatic rings. The van der Waals surface area contributed by atoms with Gasteiger partial charge in [0.2, 0.25) is 0 Å². The van der Waals surface area contributed by atoms with E-state index in [-0.39, 0.29) is 45.6 Å². The topological polar surface area (TPSA) is 113 Å². The molecule has 0 saturated heterocycles. The predicted octanol–water partition coefficient (Wildman–Crippen LogP) is 3.29. The number of alkyl halides is 1. The van der Waals surface area contributed by atoms with E-state index in [9.17, 15) is 13.6 Å². The molecule has 0 spiro atoms. The number of hydrogen-bond donors (Lipinski definition) is 2. The summed E-state index contributed by atoms with van der Waals surface area (Å²) < 4.78 is 34.5. The van der Waals surface area contributed by atoms with Crippen molar-refractivity contribution in [2.24, 2.45) is 16.6 Å². The van der Waals surface area contributed by atoms with Gasteiger partial charge in [-0.05, 0) is 37.1 Å². The molecule has 2 aliphatic rings. The van der Waals surface area contributed by atoms with Crippen LogP contribution in [0.4, 0.5) is 14.5 Å². The van der Waals surface area contributed by atoms with Gasteiger partial charge in [0.05, 0.1) is 10.6 Å². The molecule has 1 saturated carbocycles. The number of ether oxygens (including phenoxy) is 1. The number of aliphatic imine (C=N–C) groups is 1. The highest BCUT2D eigenvalue weighted by Crippen LogP contribution is 2.50. The maximum atomic E-state index is 14.8. The molecular formula is C20H16ClF2N5O2. The third-order valence-electron chi connectivity index (χ3n) is 5.49. The van der Waals surface area contributed by atoms with Crippen LogP contribution in [0.1, 0.15) is 34.5 Å². The monoisotopic (exact) mass is 431 g/mol. The molecule has 1 aliphatic carbocycles. The molecule has 2 heterocycles. The second-order valence-corrected chi connectivity index (χ2v) is 7.57. The summed E-state index contributed by atoms with van der Waals surface area (Å²) in [5.41, 5.74) is 4.51. The molecule has 1 amide bonds. The fraction of sp³-hybridized carbons (Fsp3) is 0.300. The Morgan fingerprint density at radius 1 is 1.43 bits per heavy atom. The van der Waals surface area contributed by atoms with E-state index in [1.165, 1.54) is 24.4 Å². The number of pyridine rings is 1. The molecule has 0 bridgehead atoms. The Labute approximate surface area is 175 Å². The second kappa shape index (κ2) is 7.54. The zero-order valence-corrected chi connectivity index (χ0v) is 16.3. The molecule has 3 unspecified atom stereocenters. The van der Waals surface area contributed by atoms with Crippen LogP contribution in [0.3, 0.4) is 0 Å². The van der Waals surface area contributed by atoms with E-state index in [0.29, 0.717) is 12.8 Å². The SMILES string of the molecule is N#Cc1cnc(C(=O)Nc2ccc(F)c(C3(CF)N=C(N)OC4CCC43)c2)c(Cl)c1. The number of halogens is 3. The predicted molar refractivity (Wildman–Crippen MR) is 105 cm³/mol. The minimum absolute atomic E-state index is 0.00627. The van der Waals surface area contributed by atoms with Crippen molar-refractivity contribution in [2.45, 2.75) is 24.5 Å². The Bertz CT molecular complexity index is 1100. The average Bonchev–Trinajstić information content (AvgIpc) is 2.71. The number of anilines is 1. The minimum Gasteiger partial charge on any atom is -0.462 e. The van der Waals surface area contributed by atoms with Crippen molar-refractivity contribution in [3.63, 3.8) is 0 Å². The summed E-state index contributed by atoms with van der Waals surface area (Å²) in [5, 5.41) is 11.4. The third kappa shape index (κ3) is 3.23. The zero-order valence-electron chi connectivity index (χ0n) is 15.5. The van der Waals surface area contributed by atoms with Crippen LogP contribution in [0, 0.1) is 23.1 Å². The molecule has 7 nitrogen and oxygen atoms in total. The summed E-state index contributed by atoms with van der Waals surface area (Å²) in [6, 6.07) is 6.80. The number of carbonyl (C=O) groups excluding carboxylic acids is 1. The number of amidine groups is 1. The van der Waals surface area contributed by atoms with Gasteiger partial charge < -0.3 is 15.8 Å². The van der Waals surface area contributed by atoms with Gasteiger partial charge in [0.15, 0.2) is 0 Å². The van der Waals surface area contributed by atoms with Gasteiger partial charge in [0.25, 0.3) is 11.9 Å². The van der Waals surface area contributed by atoms with Crippen LogP contribution in [0.25, 0.3) is 0 Å². The number of benzene rings is 1. The lowest BCUT2D eigenvalue weighted by atomic mass is 9.65. The van der Waals surface area contributed by atoms with Crippen LogP contribution in [-0.4, -0.2) is 29.7 Å². The first kappa shape index (κ1) is 20.0. The Hall–Kier alpha value is -3.25. The van der Waals surface area contributed by atoms with E-state index in [0.717, 1.165) is 6.07 Å². The standard InChI is InChI=1S/C20H16ClF2N5O2/c21-14-5-10(7-24)8-26-17(14)18(29)27-11-1-3-15(23)13(6-11)20(9-22)12-2-4-16(12)30-19(25)28-20/h1,3,5-6,8,12,16H,2,4,9H2,(H2,25,28)(H,27,29). The summed E-state index contributed by atoms with van der Waals surface area (Å²) in [6.45, 7) is -0.963. The second-order valence-electron chi connectivity index (χ2n) is 7.16. The maximum absolute atomic E-state index is 14.8. The lowest BCUT2D eigenvalue weighted by molar-refractivity contribution is -0.0433. The summed E-state index contributed by atoms with van der Waals surface area (Å²) in [6.07, 6.45) is 2.19. The lowest BCUT2D eigenvalue weighted by Gasteiger charge is -2.49. The Kier molecular flexibility index (Phi) is 5.03. The van der Waals surface area contributed by atoms with Crippen LogP contribution in [-0.2, 0) is 10.3 Å². The summed E-state index contributed by atoms with van der Waals surface area (Å²) in [7, 11) is 0. The average molecular weight is 432 g/mol. The summed E-state index contributed by atoms with van der Waals surface area (Å²) in [4.78, 5) is 20.6. The van der Waals surface area contributed by atoms with Gasteiger partial charge in [-0.15, -0.1) is 0 Å². The van der Waals surface area contributed by atoms with Crippen LogP contribution in [0.15, 0.2) is 35.5 Å². The number of hydrogen-bond acceptors (Lipinski definition) is 6. The molecule has 154 valence electrons. The number of amides is 1. The van der Waals surface area contributed by atoms with Gasteiger partial charge in [0, 0.05) is 23.4 Å². The maximum Gasteiger partial charge on any atom is 0.283 e. The van der Waals surface area contributed by atoms with E-state index < -0.39 is 23.9 Å². The van der Waals surface area contributed by atoms with Crippen LogP contribution in [0.5, 0.6) is 0 Å². The first-order valence-electron chi connectivity index (χ1n) is 9.13. The molecule has 3 atom stereocenters. The molecule has 1 aromatic carbocycles. The number of rotatable bonds is 4. The third-order valence-corrected chi connectivity index (χ3v) is 5.77. The summed E-state index contributed by atoms with van der Waals surface area (Å²) >= 11 is 6.02. The molecule has 0 radical (unpaired) electrons. The van der Waals surface area contributed by atoms with E-state index in [1.807, 2.05) is 6.07 Å². The molecule has 4 rings (SSSR count). The Balaban J connectivity index is 1.68. The number of nitrogens with one attached hydrogen (secondary N) is 1. The zero-order chi connectivity index (χ0) is 21.5. The molecule has 1 aromatic heterocycles. The largest absolute Gasteiger partial charge is 0.462 e. The van der Waals surface area contributed by atoms with Crippen molar-refractivity contribution >= 4 is 29.2 Å². The van der Waals surface area contributed by atoms with Gasteiger partial charge in [-0.1, -0.05) is 11.6 Å². The smallest absolute Gasteiger partial charge is 0.283 e. The molecule has 10 heteroatoms. The van der Waals surface area contributed by atoms with Gasteiger partial charge in [-0.2, -0.15) is 5.26 Å². The quantitative estimate of drug-likeness (QED) is 0.771. The summed E-state index contributed by atoms with van der Waals surface area (Å²) in [5.74, 6) is -1.68. The Morgan fingerprint density at radius 2 is 2.23 bits per heavy atom. The van der Waals surface area contributed by atoms with E-state index in [2.05, 4.69) is 15.3 Å². The first-order chi connectivity index (χ1) is 14.4. The minimum atomic E-state index is -1.51. The number of nitriles is 1. The molecule has 30 heavy (non-hydrogen) atoms. The molecular weight excluding hydrogens is 416 g/mol. The van der Waals surface area contributed by atoms with Crippen molar-refractivity contribution in [1.29, 1.82) is 5.26 Å². The van der Waals surface area contributed by atoms with Crippen molar-refractivity contribution in [2.75, 3.05) is 12.0 Å². The van der Waals surface area contributed by atoms with E-state index >= 15 is 0 Å². The lowest BCUT2D eigenvalue weighted by Crippen LogP contribution is -2.55. The first-order valence-corrected chi connectivity index (χ1v) is 9.50. The van der Waals surface area contributed by atoms with Crippen molar-refractivity contribution in [1.82, 2.24) is 4.98 Å². The van der Waals surface area contributed by atoms with Gasteiger partial charge in [0.1, 0.15) is 35.9 Å². The van der Waals surface area contributed by atoms with Crippen molar-refractivity contribution < 1.29 is 18.3 Å². The van der Waals surface area contributed by atoms with E-state index in [4.69, 9.17) is 27.3 Å². The van der Waals surface area contributed by atoms with Crippen LogP contribution < -0.4 is 11.1 Å². The van der Waals surface area contributed by atoms with Gasteiger partial charge in [-0.3, -0.25) is 4.79 Å². The van der Waals surface area contributed by atoms with Crippen LogP contribution >= 0.6 is 11.6 Å². The number of aromatic nitrogens is 1. The molecule has 1 aliphatic heterocycles. The highest BCUT2D eigenvalue weighted by Gasteiger charge is 2.54. The molecule has 1 fully saturated rings. The molecule has 3 N–H and O–H groups in total.